The molecule has 1 nitrogen and oxygen atoms in total. The van der Waals surface area contributed by atoms with Crippen LogP contribution < -0.4 is 0 Å². The molecule has 0 saturated carbocycles. The van der Waals surface area contributed by atoms with Gasteiger partial charge in [0, 0.05) is 0 Å². The second kappa shape index (κ2) is 17.3. The standard InChI is InChI=1S/C77H45N/c78-46-47-35-37-48(38-36-47)67-45-53(54-41-43-65-72-57(54)31-17-33-63(72)74-68(49-19-5-1-6-20-49)59-27-13-15-29-61(59)70(76(65)74)51-23-9-3-10-24-51)39-40-56(67)55-42-44-66-73-58(55)32-18-34-64(73)75-69(50-21-7-2-8-22-50)60-28-14-16-30-62(60)71(77(66)75)52-25-11-4-12-26-52/h1-45H. The lowest BCUT2D eigenvalue weighted by Crippen LogP contribution is -1.93. The maximum absolute atomic E-state index is 10.0. The van der Waals surface area contributed by atoms with Crippen molar-refractivity contribution in [1.29, 1.82) is 5.26 Å². The number of nitrogens with zero attached hydrogens (tertiary/aromatic N) is 1. The molecule has 0 heterocycles. The van der Waals surface area contributed by atoms with E-state index in [0.717, 1.165) is 22.3 Å². The number of hydrogen-bond donors (Lipinski definition) is 0. The molecule has 0 fully saturated rings. The Kier molecular flexibility index (Phi) is 9.77. The molecule has 0 spiro atoms. The lowest BCUT2D eigenvalue weighted by Gasteiger charge is -2.20. The average molecular weight is 984 g/mol. The zero-order valence-electron chi connectivity index (χ0n) is 42.4. The first-order valence-electron chi connectivity index (χ1n) is 26.9. The smallest absolute Gasteiger partial charge is 0.0991 e. The number of nitriles is 1. The largest absolute Gasteiger partial charge is 0.192 e. The minimum absolute atomic E-state index is 0.639. The molecule has 2 aliphatic rings. The summed E-state index contributed by atoms with van der Waals surface area (Å²) in [5.74, 6) is 0. The van der Waals surface area contributed by atoms with Crippen molar-refractivity contribution in [2.24, 2.45) is 0 Å². The first kappa shape index (κ1) is 44.0. The lowest BCUT2D eigenvalue weighted by molar-refractivity contribution is 1.48. The maximum Gasteiger partial charge on any atom is 0.0991 e. The van der Waals surface area contributed by atoms with Gasteiger partial charge >= 0.3 is 0 Å². The first-order chi connectivity index (χ1) is 38.7. The molecule has 2 aliphatic carbocycles. The molecule has 0 unspecified atom stereocenters. The number of fused-ring (bicyclic) bond motifs is 8. The molecular weight excluding hydrogens is 939 g/mol. The minimum atomic E-state index is 0.639. The fourth-order valence-electron chi connectivity index (χ4n) is 13.6. The SMILES string of the molecule is N#Cc1ccc(-c2cc(-c3ccc4c5c(cccc35)-c3c-4c(-c4ccccc4)c4ccccc4c3-c3ccccc3)ccc2-c2ccc3c4c(cccc24)-c2c-3c(-c3ccccc3)c3ccccc3c2-c2ccccc2)cc1. The highest BCUT2D eigenvalue weighted by Gasteiger charge is 2.33. The molecule has 14 aromatic carbocycles. The minimum Gasteiger partial charge on any atom is -0.192 e. The normalized spacial score (nSPS) is 11.8. The fourth-order valence-corrected chi connectivity index (χ4v) is 13.6. The zero-order chi connectivity index (χ0) is 51.4. The predicted octanol–water partition coefficient (Wildman–Crippen LogP) is 21.1. The van der Waals surface area contributed by atoms with Crippen molar-refractivity contribution in [1.82, 2.24) is 0 Å². The van der Waals surface area contributed by atoms with E-state index in [0.29, 0.717) is 5.56 Å². The third kappa shape index (κ3) is 6.42. The molecule has 14 aromatic rings. The summed E-state index contributed by atoms with van der Waals surface area (Å²) in [6, 6.07) is 103. The Balaban J connectivity index is 0.931. The zero-order valence-corrected chi connectivity index (χ0v) is 42.4. The van der Waals surface area contributed by atoms with Gasteiger partial charge in [0.05, 0.1) is 11.6 Å². The second-order valence-electron chi connectivity index (χ2n) is 20.8. The van der Waals surface area contributed by atoms with Crippen molar-refractivity contribution in [2.75, 3.05) is 0 Å². The van der Waals surface area contributed by atoms with E-state index < -0.39 is 0 Å². The van der Waals surface area contributed by atoms with E-state index in [9.17, 15) is 5.26 Å². The van der Waals surface area contributed by atoms with Crippen LogP contribution in [0.1, 0.15) is 5.56 Å². The van der Waals surface area contributed by atoms with Crippen LogP contribution in [0.5, 0.6) is 0 Å². The summed E-state index contributed by atoms with van der Waals surface area (Å²) in [6.45, 7) is 0. The quantitative estimate of drug-likeness (QED) is 0.156. The number of hydrogen-bond acceptors (Lipinski definition) is 1. The van der Waals surface area contributed by atoms with E-state index in [4.69, 9.17) is 0 Å². The Morgan fingerprint density at radius 1 is 0.192 bits per heavy atom. The summed E-state index contributed by atoms with van der Waals surface area (Å²) in [4.78, 5) is 0. The summed E-state index contributed by atoms with van der Waals surface area (Å²) in [5.41, 5.74) is 27.6. The molecule has 1 heteroatoms. The van der Waals surface area contributed by atoms with Gasteiger partial charge in [-0.05, 0) is 184 Å². The number of rotatable bonds is 7. The molecule has 0 saturated heterocycles. The molecule has 0 aliphatic heterocycles. The molecule has 0 aromatic heterocycles. The van der Waals surface area contributed by atoms with Crippen molar-refractivity contribution in [2.45, 2.75) is 0 Å². The Hall–Kier alpha value is -10.4. The Bertz CT molecular complexity index is 4670. The summed E-state index contributed by atoms with van der Waals surface area (Å²) >= 11 is 0. The predicted molar refractivity (Wildman–Crippen MR) is 328 cm³/mol. The second-order valence-corrected chi connectivity index (χ2v) is 20.8. The highest BCUT2D eigenvalue weighted by molar-refractivity contribution is 6.31. The van der Waals surface area contributed by atoms with Gasteiger partial charge in [-0.25, -0.2) is 0 Å². The average Bonchev–Trinajstić information content (AvgIpc) is 4.10. The molecular formula is C77H45N. The van der Waals surface area contributed by atoms with E-state index in [2.05, 4.69) is 267 Å². The molecule has 0 N–H and O–H groups in total. The van der Waals surface area contributed by atoms with E-state index in [1.165, 1.54) is 143 Å². The van der Waals surface area contributed by atoms with Gasteiger partial charge in [-0.1, -0.05) is 255 Å². The molecule has 0 radical (unpaired) electrons. The first-order valence-corrected chi connectivity index (χ1v) is 26.9. The van der Waals surface area contributed by atoms with Crippen molar-refractivity contribution in [3.63, 3.8) is 0 Å². The van der Waals surface area contributed by atoms with Crippen LogP contribution in [0.25, 0.3) is 165 Å². The van der Waals surface area contributed by atoms with Crippen molar-refractivity contribution < 1.29 is 0 Å². The van der Waals surface area contributed by atoms with E-state index in [1.807, 2.05) is 12.1 Å². The summed E-state index contributed by atoms with van der Waals surface area (Å²) in [6.07, 6.45) is 0. The van der Waals surface area contributed by atoms with Crippen molar-refractivity contribution in [3.8, 4) is 128 Å². The molecule has 0 bridgehead atoms. The fraction of sp³-hybridized carbons (Fsp3) is 0. The summed E-state index contributed by atoms with van der Waals surface area (Å²) in [7, 11) is 0. The van der Waals surface area contributed by atoms with Crippen LogP contribution in [0.2, 0.25) is 0 Å². The van der Waals surface area contributed by atoms with E-state index >= 15 is 0 Å². The Morgan fingerprint density at radius 2 is 0.513 bits per heavy atom. The van der Waals surface area contributed by atoms with Gasteiger partial charge in [0.25, 0.3) is 0 Å². The topological polar surface area (TPSA) is 23.8 Å². The van der Waals surface area contributed by atoms with Crippen molar-refractivity contribution in [3.05, 3.63) is 279 Å². The molecule has 0 atom stereocenters. The van der Waals surface area contributed by atoms with Crippen LogP contribution in [-0.2, 0) is 0 Å². The number of benzene rings is 14. The Morgan fingerprint density at radius 3 is 0.923 bits per heavy atom. The van der Waals surface area contributed by atoms with Crippen LogP contribution in [0.4, 0.5) is 0 Å². The van der Waals surface area contributed by atoms with Crippen LogP contribution in [-0.4, -0.2) is 0 Å². The van der Waals surface area contributed by atoms with Crippen molar-refractivity contribution >= 4 is 43.1 Å². The molecule has 16 rings (SSSR count). The summed E-state index contributed by atoms with van der Waals surface area (Å²) in [5, 5.41) is 20.0. The van der Waals surface area contributed by atoms with Crippen LogP contribution >= 0.6 is 0 Å². The van der Waals surface area contributed by atoms with E-state index in [1.54, 1.807) is 0 Å². The lowest BCUT2D eigenvalue weighted by atomic mass is 9.82. The monoisotopic (exact) mass is 983 g/mol. The molecule has 78 heavy (non-hydrogen) atoms. The molecule has 0 amide bonds. The van der Waals surface area contributed by atoms with Gasteiger partial charge in [-0.3, -0.25) is 0 Å². The van der Waals surface area contributed by atoms with Crippen LogP contribution in [0.15, 0.2) is 273 Å². The van der Waals surface area contributed by atoms with Gasteiger partial charge in [0.15, 0.2) is 0 Å². The summed E-state index contributed by atoms with van der Waals surface area (Å²) < 4.78 is 0. The van der Waals surface area contributed by atoms with Gasteiger partial charge in [-0.15, -0.1) is 0 Å². The van der Waals surface area contributed by atoms with E-state index in [-0.39, 0.29) is 0 Å². The highest BCUT2D eigenvalue weighted by atomic mass is 14.4. The van der Waals surface area contributed by atoms with Crippen LogP contribution in [0, 0.1) is 11.3 Å². The third-order valence-corrected chi connectivity index (χ3v) is 16.8. The third-order valence-electron chi connectivity index (χ3n) is 16.8. The van der Waals surface area contributed by atoms with Gasteiger partial charge < -0.3 is 0 Å². The van der Waals surface area contributed by atoms with Gasteiger partial charge in [0.2, 0.25) is 0 Å². The maximum atomic E-state index is 10.0. The Labute approximate surface area is 452 Å². The molecule has 358 valence electrons. The van der Waals surface area contributed by atoms with Gasteiger partial charge in [0.1, 0.15) is 0 Å². The highest BCUT2D eigenvalue weighted by Crippen LogP contribution is 2.61. The van der Waals surface area contributed by atoms with Crippen LogP contribution in [0.3, 0.4) is 0 Å². The van der Waals surface area contributed by atoms with Gasteiger partial charge in [-0.2, -0.15) is 5.26 Å².